The standard InChI is InChI=1S/C7H15N.C2H7N/c1-2-8-6-4-3-5-7-8;1-3-2/h2-7H2,1H3;3H,1-2H3. The Balaban J connectivity index is 0.000000292. The van der Waals surface area contributed by atoms with Crippen LogP contribution < -0.4 is 5.32 Å². The molecule has 1 saturated heterocycles. The van der Waals surface area contributed by atoms with Gasteiger partial charge < -0.3 is 10.2 Å². The van der Waals surface area contributed by atoms with Gasteiger partial charge in [-0.25, -0.2) is 0 Å². The molecule has 1 aliphatic heterocycles. The largest absolute Gasteiger partial charge is 0.323 e. The minimum Gasteiger partial charge on any atom is -0.323 e. The summed E-state index contributed by atoms with van der Waals surface area (Å²) in [4.78, 5) is 2.52. The van der Waals surface area contributed by atoms with E-state index in [1.165, 1.54) is 38.9 Å². The molecule has 11 heavy (non-hydrogen) atoms. The van der Waals surface area contributed by atoms with E-state index in [-0.39, 0.29) is 0 Å². The molecule has 1 fully saturated rings. The van der Waals surface area contributed by atoms with Gasteiger partial charge in [-0.15, -0.1) is 0 Å². The first kappa shape index (κ1) is 10.9. The summed E-state index contributed by atoms with van der Waals surface area (Å²) in [5, 5.41) is 2.75. The van der Waals surface area contributed by atoms with Gasteiger partial charge >= 0.3 is 0 Å². The zero-order valence-corrected chi connectivity index (χ0v) is 8.19. The van der Waals surface area contributed by atoms with Crippen molar-refractivity contribution in [1.29, 1.82) is 0 Å². The Kier molecular flexibility index (Phi) is 7.96. The van der Waals surface area contributed by atoms with Crippen molar-refractivity contribution in [1.82, 2.24) is 10.2 Å². The first-order valence-corrected chi connectivity index (χ1v) is 4.66. The van der Waals surface area contributed by atoms with Gasteiger partial charge in [0.25, 0.3) is 0 Å². The highest BCUT2D eigenvalue weighted by molar-refractivity contribution is 4.61. The van der Waals surface area contributed by atoms with Crippen LogP contribution in [0.2, 0.25) is 0 Å². The molecule has 0 radical (unpaired) electrons. The van der Waals surface area contributed by atoms with Crippen molar-refractivity contribution in [2.75, 3.05) is 33.7 Å². The Labute approximate surface area is 71.0 Å². The van der Waals surface area contributed by atoms with E-state index in [0.29, 0.717) is 0 Å². The molecule has 0 bridgehead atoms. The van der Waals surface area contributed by atoms with E-state index in [9.17, 15) is 0 Å². The van der Waals surface area contributed by atoms with Crippen LogP contribution in [0.3, 0.4) is 0 Å². The summed E-state index contributed by atoms with van der Waals surface area (Å²) < 4.78 is 0. The Morgan fingerprint density at radius 3 is 1.82 bits per heavy atom. The number of hydrogen-bond donors (Lipinski definition) is 1. The molecular weight excluding hydrogens is 136 g/mol. The van der Waals surface area contributed by atoms with E-state index in [0.717, 1.165) is 0 Å². The molecule has 0 aromatic rings. The topological polar surface area (TPSA) is 15.3 Å². The predicted molar refractivity (Wildman–Crippen MR) is 50.9 cm³/mol. The molecular formula is C9H22N2. The van der Waals surface area contributed by atoms with Gasteiger partial charge in [0.2, 0.25) is 0 Å². The van der Waals surface area contributed by atoms with Crippen LogP contribution in [0.25, 0.3) is 0 Å². The third kappa shape index (κ3) is 6.32. The third-order valence-electron chi connectivity index (χ3n) is 1.90. The molecule has 0 amide bonds. The van der Waals surface area contributed by atoms with Crippen molar-refractivity contribution < 1.29 is 0 Å². The average Bonchev–Trinajstić information content (AvgIpc) is 2.08. The van der Waals surface area contributed by atoms with E-state index in [4.69, 9.17) is 0 Å². The van der Waals surface area contributed by atoms with Crippen LogP contribution >= 0.6 is 0 Å². The monoisotopic (exact) mass is 158 g/mol. The van der Waals surface area contributed by atoms with Crippen LogP contribution in [0.15, 0.2) is 0 Å². The van der Waals surface area contributed by atoms with Crippen LogP contribution in [0, 0.1) is 0 Å². The molecule has 1 heterocycles. The van der Waals surface area contributed by atoms with Gasteiger partial charge in [0.1, 0.15) is 0 Å². The number of piperidine rings is 1. The van der Waals surface area contributed by atoms with E-state index in [1.54, 1.807) is 0 Å². The average molecular weight is 158 g/mol. The Morgan fingerprint density at radius 1 is 1.09 bits per heavy atom. The van der Waals surface area contributed by atoms with Gasteiger partial charge in [0.15, 0.2) is 0 Å². The predicted octanol–water partition coefficient (Wildman–Crippen LogP) is 1.33. The van der Waals surface area contributed by atoms with Gasteiger partial charge in [-0.05, 0) is 46.6 Å². The Bertz CT molecular complexity index is 68.0. The number of nitrogens with one attached hydrogen (secondary N) is 1. The van der Waals surface area contributed by atoms with Crippen molar-refractivity contribution in [3.63, 3.8) is 0 Å². The number of likely N-dealkylation sites (tertiary alicyclic amines) is 1. The fourth-order valence-electron chi connectivity index (χ4n) is 1.28. The second-order valence-electron chi connectivity index (χ2n) is 2.99. The normalized spacial score (nSPS) is 18.8. The molecule has 1 rings (SSSR count). The third-order valence-corrected chi connectivity index (χ3v) is 1.90. The summed E-state index contributed by atoms with van der Waals surface area (Å²) in [5.74, 6) is 0. The molecule has 2 nitrogen and oxygen atoms in total. The summed E-state index contributed by atoms with van der Waals surface area (Å²) in [5.41, 5.74) is 0. The van der Waals surface area contributed by atoms with Crippen molar-refractivity contribution in [2.24, 2.45) is 0 Å². The van der Waals surface area contributed by atoms with Gasteiger partial charge in [-0.3, -0.25) is 0 Å². The van der Waals surface area contributed by atoms with Gasteiger partial charge in [-0.2, -0.15) is 0 Å². The minimum atomic E-state index is 1.25. The molecule has 0 aliphatic carbocycles. The summed E-state index contributed by atoms with van der Waals surface area (Å²) in [6, 6.07) is 0. The summed E-state index contributed by atoms with van der Waals surface area (Å²) in [6.45, 7) is 6.18. The van der Waals surface area contributed by atoms with Crippen LogP contribution in [-0.2, 0) is 0 Å². The SMILES string of the molecule is CCN1CCCCC1.CNC. The van der Waals surface area contributed by atoms with Gasteiger partial charge in [0, 0.05) is 0 Å². The van der Waals surface area contributed by atoms with Crippen LogP contribution in [0.5, 0.6) is 0 Å². The highest BCUT2D eigenvalue weighted by Crippen LogP contribution is 2.06. The van der Waals surface area contributed by atoms with Crippen molar-refractivity contribution in [3.8, 4) is 0 Å². The zero-order valence-electron chi connectivity index (χ0n) is 8.19. The molecule has 68 valence electrons. The van der Waals surface area contributed by atoms with Crippen LogP contribution in [0.4, 0.5) is 0 Å². The number of hydrogen-bond acceptors (Lipinski definition) is 2. The number of rotatable bonds is 1. The molecule has 2 heteroatoms. The van der Waals surface area contributed by atoms with Crippen LogP contribution in [-0.4, -0.2) is 38.6 Å². The maximum Gasteiger partial charge on any atom is -0.00188 e. The fourth-order valence-corrected chi connectivity index (χ4v) is 1.28. The molecule has 0 spiro atoms. The summed E-state index contributed by atoms with van der Waals surface area (Å²) in [6.07, 6.45) is 4.30. The molecule has 0 aromatic heterocycles. The van der Waals surface area contributed by atoms with Gasteiger partial charge in [-0.1, -0.05) is 13.3 Å². The summed E-state index contributed by atoms with van der Waals surface area (Å²) >= 11 is 0. The number of nitrogens with zero attached hydrogens (tertiary/aromatic N) is 1. The van der Waals surface area contributed by atoms with Crippen molar-refractivity contribution in [2.45, 2.75) is 26.2 Å². The molecule has 1 N–H and O–H groups in total. The zero-order chi connectivity index (χ0) is 8.53. The first-order chi connectivity index (χ1) is 5.35. The summed E-state index contributed by atoms with van der Waals surface area (Å²) in [7, 11) is 3.75. The second kappa shape index (κ2) is 8.02. The lowest BCUT2D eigenvalue weighted by Gasteiger charge is -2.24. The first-order valence-electron chi connectivity index (χ1n) is 4.66. The lowest BCUT2D eigenvalue weighted by molar-refractivity contribution is 0.240. The lowest BCUT2D eigenvalue weighted by atomic mass is 10.1. The van der Waals surface area contributed by atoms with Crippen LogP contribution in [0.1, 0.15) is 26.2 Å². The Morgan fingerprint density at radius 2 is 1.55 bits per heavy atom. The Hall–Kier alpha value is -0.0800. The smallest absolute Gasteiger partial charge is 0.00188 e. The van der Waals surface area contributed by atoms with E-state index in [1.807, 2.05) is 14.1 Å². The molecule has 0 aromatic carbocycles. The van der Waals surface area contributed by atoms with Gasteiger partial charge in [0.05, 0.1) is 0 Å². The molecule has 0 saturated carbocycles. The maximum absolute atomic E-state index is 2.75. The molecule has 0 unspecified atom stereocenters. The fraction of sp³-hybridized carbons (Fsp3) is 1.00. The maximum atomic E-state index is 2.75. The van der Waals surface area contributed by atoms with E-state index < -0.39 is 0 Å². The van der Waals surface area contributed by atoms with Crippen molar-refractivity contribution in [3.05, 3.63) is 0 Å². The quantitative estimate of drug-likeness (QED) is 0.619. The molecule has 0 atom stereocenters. The second-order valence-corrected chi connectivity index (χ2v) is 2.99. The van der Waals surface area contributed by atoms with Crippen molar-refractivity contribution >= 4 is 0 Å². The minimum absolute atomic E-state index is 1.25. The highest BCUT2D eigenvalue weighted by Gasteiger charge is 2.05. The van der Waals surface area contributed by atoms with E-state index >= 15 is 0 Å². The lowest BCUT2D eigenvalue weighted by Crippen LogP contribution is -2.29. The molecule has 1 aliphatic rings. The highest BCUT2D eigenvalue weighted by atomic mass is 15.1. The van der Waals surface area contributed by atoms with E-state index in [2.05, 4.69) is 17.1 Å².